The van der Waals surface area contributed by atoms with Gasteiger partial charge in [-0.3, -0.25) is 9.59 Å². The highest BCUT2D eigenvalue weighted by molar-refractivity contribution is 5.92. The predicted octanol–water partition coefficient (Wildman–Crippen LogP) is 2.18. The lowest BCUT2D eigenvalue weighted by atomic mass is 10.1. The van der Waals surface area contributed by atoms with E-state index in [4.69, 9.17) is 10.5 Å². The van der Waals surface area contributed by atoms with Crippen molar-refractivity contribution in [3.63, 3.8) is 0 Å². The van der Waals surface area contributed by atoms with Gasteiger partial charge in [-0.15, -0.1) is 0 Å². The molecule has 1 aromatic carbocycles. The first kappa shape index (κ1) is 14.8. The van der Waals surface area contributed by atoms with Crippen LogP contribution in [-0.2, 0) is 0 Å². The number of carbonyl (C=O) groups excluding carboxylic acids is 1. The SMILES string of the molecule is CC(C)COc1ccccc1-c1ccc(C(N)=O)c(=O)[nH]1. The number of benzene rings is 1. The molecule has 1 aromatic heterocycles. The number of primary amides is 1. The molecule has 5 heteroatoms. The molecule has 1 heterocycles. The zero-order valence-corrected chi connectivity index (χ0v) is 12.1. The van der Waals surface area contributed by atoms with Crippen LogP contribution >= 0.6 is 0 Å². The van der Waals surface area contributed by atoms with Gasteiger partial charge in [-0.25, -0.2) is 0 Å². The van der Waals surface area contributed by atoms with E-state index in [1.807, 2.05) is 24.3 Å². The van der Waals surface area contributed by atoms with E-state index in [9.17, 15) is 9.59 Å². The van der Waals surface area contributed by atoms with Crippen LogP contribution < -0.4 is 16.0 Å². The summed E-state index contributed by atoms with van der Waals surface area (Å²) in [5.74, 6) is 0.343. The number of hydrogen-bond donors (Lipinski definition) is 2. The Bertz CT molecular complexity index is 705. The third-order valence-corrected chi connectivity index (χ3v) is 2.92. The Balaban J connectivity index is 2.40. The molecule has 0 aliphatic heterocycles. The van der Waals surface area contributed by atoms with Gasteiger partial charge in [0.1, 0.15) is 11.3 Å². The average molecular weight is 286 g/mol. The van der Waals surface area contributed by atoms with Crippen molar-refractivity contribution < 1.29 is 9.53 Å². The second-order valence-electron chi connectivity index (χ2n) is 5.18. The fraction of sp³-hybridized carbons (Fsp3) is 0.250. The van der Waals surface area contributed by atoms with Gasteiger partial charge < -0.3 is 15.5 Å². The number of ether oxygens (including phenoxy) is 1. The highest BCUT2D eigenvalue weighted by Gasteiger charge is 2.11. The molecule has 21 heavy (non-hydrogen) atoms. The largest absolute Gasteiger partial charge is 0.493 e. The van der Waals surface area contributed by atoms with E-state index >= 15 is 0 Å². The van der Waals surface area contributed by atoms with Gasteiger partial charge in [0.25, 0.3) is 11.5 Å². The lowest BCUT2D eigenvalue weighted by molar-refractivity contribution is 0.0999. The minimum Gasteiger partial charge on any atom is -0.493 e. The predicted molar refractivity (Wildman–Crippen MR) is 81.3 cm³/mol. The molecule has 1 amide bonds. The number of nitrogens with one attached hydrogen (secondary N) is 1. The van der Waals surface area contributed by atoms with Crippen LogP contribution in [0.1, 0.15) is 24.2 Å². The van der Waals surface area contributed by atoms with Crippen molar-refractivity contribution in [1.29, 1.82) is 0 Å². The number of aromatic amines is 1. The number of hydrogen-bond acceptors (Lipinski definition) is 3. The van der Waals surface area contributed by atoms with Gasteiger partial charge in [0.15, 0.2) is 0 Å². The second kappa shape index (κ2) is 6.26. The molecule has 0 aliphatic carbocycles. The van der Waals surface area contributed by atoms with Gasteiger partial charge >= 0.3 is 0 Å². The Labute approximate surface area is 122 Å². The molecule has 2 aromatic rings. The number of pyridine rings is 1. The van der Waals surface area contributed by atoms with Gasteiger partial charge in [0, 0.05) is 5.56 Å². The fourth-order valence-corrected chi connectivity index (χ4v) is 1.90. The minimum atomic E-state index is -0.743. The number of H-pyrrole nitrogens is 1. The lowest BCUT2D eigenvalue weighted by Gasteiger charge is -2.13. The van der Waals surface area contributed by atoms with Crippen LogP contribution in [0, 0.1) is 5.92 Å². The van der Waals surface area contributed by atoms with Crippen LogP contribution in [-0.4, -0.2) is 17.5 Å². The van der Waals surface area contributed by atoms with Crippen LogP contribution in [0.15, 0.2) is 41.2 Å². The Kier molecular flexibility index (Phi) is 4.42. The summed E-state index contributed by atoms with van der Waals surface area (Å²) in [6, 6.07) is 10.5. The standard InChI is InChI=1S/C16H18N2O3/c1-10(2)9-21-14-6-4-3-5-11(14)13-8-7-12(15(17)19)16(20)18-13/h3-8,10H,9H2,1-2H3,(H2,17,19)(H,18,20). The van der Waals surface area contributed by atoms with Crippen LogP contribution in [0.25, 0.3) is 11.3 Å². The maximum atomic E-state index is 11.8. The number of amides is 1. The first-order valence-corrected chi connectivity index (χ1v) is 6.74. The number of rotatable bonds is 5. The third kappa shape index (κ3) is 3.51. The fourth-order valence-electron chi connectivity index (χ4n) is 1.90. The molecule has 110 valence electrons. The van der Waals surface area contributed by atoms with E-state index in [2.05, 4.69) is 18.8 Å². The maximum absolute atomic E-state index is 11.8. The molecular weight excluding hydrogens is 268 g/mol. The molecule has 0 spiro atoms. The van der Waals surface area contributed by atoms with Crippen LogP contribution in [0.3, 0.4) is 0 Å². The maximum Gasteiger partial charge on any atom is 0.261 e. The van der Waals surface area contributed by atoms with E-state index in [-0.39, 0.29) is 5.56 Å². The molecule has 0 saturated heterocycles. The Morgan fingerprint density at radius 1 is 1.24 bits per heavy atom. The molecule has 5 nitrogen and oxygen atoms in total. The van der Waals surface area contributed by atoms with Crippen molar-refractivity contribution in [3.8, 4) is 17.0 Å². The van der Waals surface area contributed by atoms with Crippen molar-refractivity contribution in [2.45, 2.75) is 13.8 Å². The highest BCUT2D eigenvalue weighted by Crippen LogP contribution is 2.28. The second-order valence-corrected chi connectivity index (χ2v) is 5.18. The van der Waals surface area contributed by atoms with Gasteiger partial charge in [-0.05, 0) is 30.2 Å². The van der Waals surface area contributed by atoms with E-state index < -0.39 is 11.5 Å². The summed E-state index contributed by atoms with van der Waals surface area (Å²) in [6.45, 7) is 4.71. The Morgan fingerprint density at radius 2 is 1.95 bits per heavy atom. The molecule has 0 atom stereocenters. The first-order valence-electron chi connectivity index (χ1n) is 6.74. The van der Waals surface area contributed by atoms with Crippen LogP contribution in [0.5, 0.6) is 5.75 Å². The molecule has 0 fully saturated rings. The smallest absolute Gasteiger partial charge is 0.261 e. The van der Waals surface area contributed by atoms with Crippen molar-refractivity contribution in [2.24, 2.45) is 11.7 Å². The molecule has 0 bridgehead atoms. The van der Waals surface area contributed by atoms with Crippen molar-refractivity contribution in [3.05, 3.63) is 52.3 Å². The number of aromatic nitrogens is 1. The van der Waals surface area contributed by atoms with E-state index in [1.54, 1.807) is 6.07 Å². The molecule has 0 saturated carbocycles. The average Bonchev–Trinajstić information content (AvgIpc) is 2.45. The monoisotopic (exact) mass is 286 g/mol. The molecule has 0 aliphatic rings. The molecule has 3 N–H and O–H groups in total. The van der Waals surface area contributed by atoms with Gasteiger partial charge in [0.05, 0.1) is 12.3 Å². The number of para-hydroxylation sites is 1. The van der Waals surface area contributed by atoms with Gasteiger partial charge in [-0.2, -0.15) is 0 Å². The first-order chi connectivity index (χ1) is 9.99. The normalized spacial score (nSPS) is 10.6. The van der Waals surface area contributed by atoms with Crippen LogP contribution in [0.2, 0.25) is 0 Å². The van der Waals surface area contributed by atoms with Crippen molar-refractivity contribution >= 4 is 5.91 Å². The zero-order chi connectivity index (χ0) is 15.4. The summed E-state index contributed by atoms with van der Waals surface area (Å²) in [5.41, 5.74) is 5.93. The summed E-state index contributed by atoms with van der Waals surface area (Å²) < 4.78 is 5.76. The highest BCUT2D eigenvalue weighted by atomic mass is 16.5. The molecule has 0 unspecified atom stereocenters. The van der Waals surface area contributed by atoms with Gasteiger partial charge in [0.2, 0.25) is 0 Å². The van der Waals surface area contributed by atoms with Crippen molar-refractivity contribution in [1.82, 2.24) is 4.98 Å². The molecule has 2 rings (SSSR count). The summed E-state index contributed by atoms with van der Waals surface area (Å²) in [4.78, 5) is 25.6. The quantitative estimate of drug-likeness (QED) is 0.883. The summed E-state index contributed by atoms with van der Waals surface area (Å²) in [6.07, 6.45) is 0. The topological polar surface area (TPSA) is 85.2 Å². The molecular formula is C16H18N2O3. The number of nitrogens with two attached hydrogens (primary N) is 1. The number of carbonyl (C=O) groups is 1. The summed E-state index contributed by atoms with van der Waals surface area (Å²) in [5, 5.41) is 0. The Morgan fingerprint density at radius 3 is 2.57 bits per heavy atom. The van der Waals surface area contributed by atoms with Crippen LogP contribution in [0.4, 0.5) is 0 Å². The Hall–Kier alpha value is -2.56. The van der Waals surface area contributed by atoms with E-state index in [0.717, 1.165) is 5.56 Å². The lowest BCUT2D eigenvalue weighted by Crippen LogP contribution is -2.23. The van der Waals surface area contributed by atoms with E-state index in [0.29, 0.717) is 24.0 Å². The molecule has 0 radical (unpaired) electrons. The van der Waals surface area contributed by atoms with Crippen molar-refractivity contribution in [2.75, 3.05) is 6.61 Å². The summed E-state index contributed by atoms with van der Waals surface area (Å²) in [7, 11) is 0. The zero-order valence-electron chi connectivity index (χ0n) is 12.1. The van der Waals surface area contributed by atoms with Gasteiger partial charge in [-0.1, -0.05) is 26.0 Å². The third-order valence-electron chi connectivity index (χ3n) is 2.92. The van der Waals surface area contributed by atoms with E-state index in [1.165, 1.54) is 6.07 Å². The minimum absolute atomic E-state index is 0.0562. The summed E-state index contributed by atoms with van der Waals surface area (Å²) >= 11 is 0.